The lowest BCUT2D eigenvalue weighted by Crippen LogP contribution is -2.14. The van der Waals surface area contributed by atoms with E-state index < -0.39 is 0 Å². The number of amidine groups is 1. The van der Waals surface area contributed by atoms with E-state index in [4.69, 9.17) is 5.73 Å². The number of aliphatic hydroxyl groups is 1. The van der Waals surface area contributed by atoms with E-state index in [0.717, 1.165) is 0 Å². The number of rotatable bonds is 1. The van der Waals surface area contributed by atoms with Gasteiger partial charge in [-0.3, -0.25) is 4.99 Å². The Morgan fingerprint density at radius 1 is 1.45 bits per heavy atom. The van der Waals surface area contributed by atoms with Crippen LogP contribution >= 0.6 is 0 Å². The van der Waals surface area contributed by atoms with E-state index in [0.29, 0.717) is 5.84 Å². The Labute approximate surface area is 67.6 Å². The third kappa shape index (κ3) is 3.65. The molecule has 3 nitrogen and oxygen atoms in total. The van der Waals surface area contributed by atoms with Crippen molar-refractivity contribution in [2.24, 2.45) is 16.1 Å². The summed E-state index contributed by atoms with van der Waals surface area (Å²) in [4.78, 5) is 3.70. The van der Waals surface area contributed by atoms with Crippen molar-refractivity contribution in [2.45, 2.75) is 20.8 Å². The monoisotopic (exact) mass is 156 g/mol. The summed E-state index contributed by atoms with van der Waals surface area (Å²) in [5.41, 5.74) is 5.13. The smallest absolute Gasteiger partial charge is 0.121 e. The quantitative estimate of drug-likeness (QED) is 0.343. The van der Waals surface area contributed by atoms with Gasteiger partial charge >= 0.3 is 0 Å². The van der Waals surface area contributed by atoms with Gasteiger partial charge in [0, 0.05) is 18.5 Å². The minimum atomic E-state index is -0.255. The topological polar surface area (TPSA) is 58.6 Å². The lowest BCUT2D eigenvalue weighted by Gasteiger charge is -2.16. The van der Waals surface area contributed by atoms with Crippen LogP contribution in [-0.2, 0) is 0 Å². The Morgan fingerprint density at radius 3 is 2.18 bits per heavy atom. The maximum Gasteiger partial charge on any atom is 0.121 e. The Bertz CT molecular complexity index is 187. The zero-order valence-electron chi connectivity index (χ0n) is 7.55. The normalized spacial score (nSPS) is 15.3. The van der Waals surface area contributed by atoms with Crippen molar-refractivity contribution in [3.8, 4) is 0 Å². The SMILES string of the molecule is C/N=C(N)\C=C(/O)C(C)(C)C. The summed E-state index contributed by atoms with van der Waals surface area (Å²) in [6, 6.07) is 0. The summed E-state index contributed by atoms with van der Waals surface area (Å²) in [5.74, 6) is 0.595. The number of nitrogens with two attached hydrogens (primary N) is 1. The fraction of sp³-hybridized carbons (Fsp3) is 0.625. The molecule has 3 heteroatoms. The van der Waals surface area contributed by atoms with Crippen LogP contribution in [0.3, 0.4) is 0 Å². The van der Waals surface area contributed by atoms with Crippen LogP contribution in [0, 0.1) is 5.41 Å². The second-order valence-corrected chi connectivity index (χ2v) is 3.43. The maximum absolute atomic E-state index is 9.39. The third-order valence-electron chi connectivity index (χ3n) is 1.31. The van der Waals surface area contributed by atoms with Crippen molar-refractivity contribution in [1.29, 1.82) is 0 Å². The van der Waals surface area contributed by atoms with Crippen molar-refractivity contribution < 1.29 is 5.11 Å². The zero-order valence-corrected chi connectivity index (χ0v) is 7.55. The van der Waals surface area contributed by atoms with Gasteiger partial charge in [0.25, 0.3) is 0 Å². The number of aliphatic hydroxyl groups excluding tert-OH is 1. The third-order valence-corrected chi connectivity index (χ3v) is 1.31. The molecule has 0 amide bonds. The summed E-state index contributed by atoms with van der Waals surface area (Å²) >= 11 is 0. The Balaban J connectivity index is 4.48. The lowest BCUT2D eigenvalue weighted by molar-refractivity contribution is 0.278. The predicted octanol–water partition coefficient (Wildman–Crippen LogP) is 1.46. The van der Waals surface area contributed by atoms with Gasteiger partial charge in [0.1, 0.15) is 11.6 Å². The van der Waals surface area contributed by atoms with Crippen LogP contribution in [0.5, 0.6) is 0 Å². The molecule has 0 radical (unpaired) electrons. The first-order valence-electron chi connectivity index (χ1n) is 3.51. The molecule has 0 fully saturated rings. The van der Waals surface area contributed by atoms with Crippen LogP contribution in [0.15, 0.2) is 16.8 Å². The largest absolute Gasteiger partial charge is 0.512 e. The highest BCUT2D eigenvalue weighted by atomic mass is 16.3. The fourth-order valence-corrected chi connectivity index (χ4v) is 0.421. The van der Waals surface area contributed by atoms with Crippen LogP contribution in [-0.4, -0.2) is 18.0 Å². The summed E-state index contributed by atoms with van der Waals surface area (Å²) in [6.07, 6.45) is 1.47. The number of hydrogen-bond acceptors (Lipinski definition) is 2. The molecule has 0 heterocycles. The molecule has 0 saturated heterocycles. The van der Waals surface area contributed by atoms with E-state index in [2.05, 4.69) is 4.99 Å². The first-order valence-corrected chi connectivity index (χ1v) is 3.51. The Hall–Kier alpha value is -0.990. The van der Waals surface area contributed by atoms with Crippen molar-refractivity contribution in [3.05, 3.63) is 11.8 Å². The molecular weight excluding hydrogens is 140 g/mol. The number of allylic oxidation sites excluding steroid dienone is 1. The van der Waals surface area contributed by atoms with Crippen molar-refractivity contribution >= 4 is 5.84 Å². The molecule has 0 unspecified atom stereocenters. The van der Waals surface area contributed by atoms with E-state index in [9.17, 15) is 5.11 Å². The van der Waals surface area contributed by atoms with Crippen LogP contribution in [0.1, 0.15) is 20.8 Å². The van der Waals surface area contributed by atoms with Crippen molar-refractivity contribution in [3.63, 3.8) is 0 Å². The highest BCUT2D eigenvalue weighted by Gasteiger charge is 2.15. The van der Waals surface area contributed by atoms with Gasteiger partial charge in [-0.1, -0.05) is 20.8 Å². The van der Waals surface area contributed by atoms with Gasteiger partial charge in [-0.05, 0) is 0 Å². The van der Waals surface area contributed by atoms with E-state index in [1.54, 1.807) is 7.05 Å². The number of aliphatic imine (C=N–C) groups is 1. The van der Waals surface area contributed by atoms with E-state index >= 15 is 0 Å². The van der Waals surface area contributed by atoms with Crippen LogP contribution in [0.2, 0.25) is 0 Å². The molecule has 0 aliphatic heterocycles. The zero-order chi connectivity index (χ0) is 9.07. The predicted molar refractivity (Wildman–Crippen MR) is 47.7 cm³/mol. The molecule has 3 N–H and O–H groups in total. The number of hydrogen-bond donors (Lipinski definition) is 2. The second-order valence-electron chi connectivity index (χ2n) is 3.43. The standard InChI is InChI=1S/C8H16N2O/c1-8(2,3)6(11)5-7(9)10-4/h5,11H,1-4H3,(H2,9,10)/b6-5-. The Kier molecular flexibility index (Phi) is 3.11. The van der Waals surface area contributed by atoms with Gasteiger partial charge in [0.2, 0.25) is 0 Å². The molecule has 0 atom stereocenters. The molecule has 0 rings (SSSR count). The molecule has 64 valence electrons. The average molecular weight is 156 g/mol. The molecule has 0 aromatic rings. The highest BCUT2D eigenvalue weighted by molar-refractivity contribution is 5.91. The first kappa shape index (κ1) is 10.0. The van der Waals surface area contributed by atoms with Gasteiger partial charge in [0.05, 0.1) is 0 Å². The molecular formula is C8H16N2O. The number of nitrogens with zero attached hydrogens (tertiary/aromatic N) is 1. The minimum absolute atomic E-state index is 0.251. The fourth-order valence-electron chi connectivity index (χ4n) is 0.421. The molecule has 0 aliphatic carbocycles. The lowest BCUT2D eigenvalue weighted by atomic mass is 9.93. The minimum Gasteiger partial charge on any atom is -0.512 e. The second kappa shape index (κ2) is 3.42. The van der Waals surface area contributed by atoms with Gasteiger partial charge < -0.3 is 10.8 Å². The molecule has 0 bridgehead atoms. The van der Waals surface area contributed by atoms with Gasteiger partial charge in [-0.15, -0.1) is 0 Å². The molecule has 0 spiro atoms. The highest BCUT2D eigenvalue weighted by Crippen LogP contribution is 2.21. The average Bonchev–Trinajstić information content (AvgIpc) is 1.85. The van der Waals surface area contributed by atoms with E-state index in [1.807, 2.05) is 20.8 Å². The van der Waals surface area contributed by atoms with Crippen molar-refractivity contribution in [2.75, 3.05) is 7.05 Å². The van der Waals surface area contributed by atoms with Crippen LogP contribution < -0.4 is 5.73 Å². The summed E-state index contributed by atoms with van der Waals surface area (Å²) in [5, 5.41) is 9.39. The molecule has 0 aromatic heterocycles. The van der Waals surface area contributed by atoms with Gasteiger partial charge in [-0.2, -0.15) is 0 Å². The molecule has 0 aromatic carbocycles. The van der Waals surface area contributed by atoms with E-state index in [-0.39, 0.29) is 11.2 Å². The van der Waals surface area contributed by atoms with Crippen molar-refractivity contribution in [1.82, 2.24) is 0 Å². The Morgan fingerprint density at radius 2 is 1.91 bits per heavy atom. The van der Waals surface area contributed by atoms with Gasteiger partial charge in [0.15, 0.2) is 0 Å². The summed E-state index contributed by atoms with van der Waals surface area (Å²) in [6.45, 7) is 5.71. The first-order chi connectivity index (χ1) is 4.88. The van der Waals surface area contributed by atoms with Crippen LogP contribution in [0.4, 0.5) is 0 Å². The summed E-state index contributed by atoms with van der Waals surface area (Å²) in [7, 11) is 1.59. The molecule has 0 aliphatic rings. The summed E-state index contributed by atoms with van der Waals surface area (Å²) < 4.78 is 0. The molecule has 11 heavy (non-hydrogen) atoms. The van der Waals surface area contributed by atoms with Gasteiger partial charge in [-0.25, -0.2) is 0 Å². The van der Waals surface area contributed by atoms with E-state index in [1.165, 1.54) is 6.08 Å². The van der Waals surface area contributed by atoms with Crippen LogP contribution in [0.25, 0.3) is 0 Å². The maximum atomic E-state index is 9.39. The molecule has 0 saturated carbocycles.